The van der Waals surface area contributed by atoms with Crippen LogP contribution in [0.1, 0.15) is 16.9 Å². The Morgan fingerprint density at radius 3 is 2.86 bits per heavy atom. The van der Waals surface area contributed by atoms with Crippen LogP contribution in [0.5, 0.6) is 0 Å². The van der Waals surface area contributed by atoms with Crippen molar-refractivity contribution in [3.8, 4) is 5.69 Å². The van der Waals surface area contributed by atoms with E-state index in [0.717, 1.165) is 5.69 Å². The first-order chi connectivity index (χ1) is 10.1. The highest BCUT2D eigenvalue weighted by Gasteiger charge is 2.31. The Morgan fingerprint density at radius 2 is 2.19 bits per heavy atom. The molecule has 108 valence electrons. The number of hydrogen-bond donors (Lipinski definition) is 1. The molecule has 7 heteroatoms. The van der Waals surface area contributed by atoms with E-state index in [0.29, 0.717) is 18.7 Å². The highest BCUT2D eigenvalue weighted by atomic mass is 16.4. The average Bonchev–Trinajstić information content (AvgIpc) is 3.18. The lowest BCUT2D eigenvalue weighted by Crippen LogP contribution is -2.30. The van der Waals surface area contributed by atoms with Gasteiger partial charge in [-0.1, -0.05) is 0 Å². The number of aliphatic carboxylic acids is 1. The fourth-order valence-corrected chi connectivity index (χ4v) is 2.41. The van der Waals surface area contributed by atoms with Crippen LogP contribution in [0.4, 0.5) is 0 Å². The van der Waals surface area contributed by atoms with E-state index in [4.69, 9.17) is 5.11 Å². The molecule has 0 unspecified atom stereocenters. The maximum Gasteiger partial charge on any atom is 0.308 e. The smallest absolute Gasteiger partial charge is 0.308 e. The van der Waals surface area contributed by atoms with E-state index >= 15 is 0 Å². The highest BCUT2D eigenvalue weighted by Crippen LogP contribution is 2.19. The Morgan fingerprint density at radius 1 is 1.33 bits per heavy atom. The molecule has 1 saturated heterocycles. The third-order valence-electron chi connectivity index (χ3n) is 3.56. The molecule has 7 nitrogen and oxygen atoms in total. The van der Waals surface area contributed by atoms with Crippen molar-refractivity contribution in [3.05, 3.63) is 42.5 Å². The number of likely N-dealkylation sites (tertiary alicyclic amines) is 1. The van der Waals surface area contributed by atoms with Crippen LogP contribution >= 0.6 is 0 Å². The van der Waals surface area contributed by atoms with Gasteiger partial charge in [-0.05, 0) is 24.6 Å². The van der Waals surface area contributed by atoms with Gasteiger partial charge < -0.3 is 10.0 Å². The number of carboxylic acid groups (broad SMARTS) is 1. The summed E-state index contributed by atoms with van der Waals surface area (Å²) < 4.78 is 1.64. The van der Waals surface area contributed by atoms with E-state index in [2.05, 4.69) is 10.1 Å². The average molecular weight is 286 g/mol. The summed E-state index contributed by atoms with van der Waals surface area (Å²) in [6.45, 7) is 0.686. The van der Waals surface area contributed by atoms with Crippen molar-refractivity contribution < 1.29 is 14.7 Å². The van der Waals surface area contributed by atoms with Crippen molar-refractivity contribution in [3.63, 3.8) is 0 Å². The van der Waals surface area contributed by atoms with Crippen LogP contribution in [0.3, 0.4) is 0 Å². The summed E-state index contributed by atoms with van der Waals surface area (Å²) in [5, 5.41) is 13.1. The Balaban J connectivity index is 1.80. The first-order valence-corrected chi connectivity index (χ1v) is 6.63. The number of amides is 1. The number of hydrogen-bond acceptors (Lipinski definition) is 4. The Labute approximate surface area is 120 Å². The zero-order valence-corrected chi connectivity index (χ0v) is 11.2. The second kappa shape index (κ2) is 5.35. The number of aromatic nitrogens is 3. The Kier molecular flexibility index (Phi) is 3.39. The Hall–Kier alpha value is -2.70. The van der Waals surface area contributed by atoms with Crippen molar-refractivity contribution in [1.29, 1.82) is 0 Å². The van der Waals surface area contributed by atoms with E-state index in [-0.39, 0.29) is 12.5 Å². The van der Waals surface area contributed by atoms with E-state index in [1.807, 2.05) is 0 Å². The molecule has 0 bridgehead atoms. The number of carbonyl (C=O) groups is 2. The van der Waals surface area contributed by atoms with Gasteiger partial charge in [0.2, 0.25) is 0 Å². The number of pyridine rings is 1. The van der Waals surface area contributed by atoms with Gasteiger partial charge in [-0.15, -0.1) is 0 Å². The minimum atomic E-state index is -0.858. The third-order valence-corrected chi connectivity index (χ3v) is 3.56. The summed E-state index contributed by atoms with van der Waals surface area (Å²) in [6, 6.07) is 5.21. The van der Waals surface area contributed by atoms with Crippen molar-refractivity contribution in [2.75, 3.05) is 13.1 Å². The topological polar surface area (TPSA) is 88.3 Å². The van der Waals surface area contributed by atoms with Crippen LogP contribution in [0.2, 0.25) is 0 Å². The highest BCUT2D eigenvalue weighted by molar-refractivity contribution is 5.93. The molecule has 0 spiro atoms. The molecule has 1 amide bonds. The van der Waals surface area contributed by atoms with Gasteiger partial charge in [0.1, 0.15) is 5.69 Å². The van der Waals surface area contributed by atoms with Gasteiger partial charge in [0.25, 0.3) is 5.91 Å². The summed E-state index contributed by atoms with van der Waals surface area (Å²) in [6.07, 6.45) is 5.47. The second-order valence-electron chi connectivity index (χ2n) is 4.92. The summed E-state index contributed by atoms with van der Waals surface area (Å²) in [4.78, 5) is 28.9. The van der Waals surface area contributed by atoms with Crippen LogP contribution in [-0.4, -0.2) is 49.7 Å². The van der Waals surface area contributed by atoms with Crippen LogP contribution in [-0.2, 0) is 4.79 Å². The van der Waals surface area contributed by atoms with Crippen molar-refractivity contribution in [1.82, 2.24) is 19.7 Å². The van der Waals surface area contributed by atoms with Crippen molar-refractivity contribution in [2.45, 2.75) is 6.42 Å². The normalized spacial score (nSPS) is 17.9. The summed E-state index contributed by atoms with van der Waals surface area (Å²) in [5.74, 6) is -1.58. The minimum Gasteiger partial charge on any atom is -0.481 e. The molecule has 0 radical (unpaired) electrons. The van der Waals surface area contributed by atoms with Gasteiger partial charge in [-0.25, -0.2) is 4.68 Å². The molecule has 1 atom stereocenters. The van der Waals surface area contributed by atoms with Gasteiger partial charge in [-0.2, -0.15) is 5.10 Å². The monoisotopic (exact) mass is 286 g/mol. The van der Waals surface area contributed by atoms with Crippen LogP contribution < -0.4 is 0 Å². The summed E-state index contributed by atoms with van der Waals surface area (Å²) in [7, 11) is 0. The zero-order valence-electron chi connectivity index (χ0n) is 11.2. The molecule has 2 aromatic rings. The Bertz CT molecular complexity index is 669. The SMILES string of the molecule is O=C(O)[C@@H]1CCN(C(=O)c2cc(-n3cccn3)ccn2)C1. The molecule has 3 rings (SSSR count). The maximum atomic E-state index is 12.4. The first-order valence-electron chi connectivity index (χ1n) is 6.63. The van der Waals surface area contributed by atoms with E-state index in [1.165, 1.54) is 4.90 Å². The summed E-state index contributed by atoms with van der Waals surface area (Å²) >= 11 is 0. The van der Waals surface area contributed by atoms with Gasteiger partial charge in [0, 0.05) is 31.7 Å². The molecule has 21 heavy (non-hydrogen) atoms. The van der Waals surface area contributed by atoms with Gasteiger partial charge in [-0.3, -0.25) is 14.6 Å². The molecule has 0 saturated carbocycles. The lowest BCUT2D eigenvalue weighted by atomic mass is 10.1. The van der Waals surface area contributed by atoms with Crippen LogP contribution in [0.15, 0.2) is 36.8 Å². The van der Waals surface area contributed by atoms with Crippen molar-refractivity contribution in [2.24, 2.45) is 5.92 Å². The molecule has 1 aliphatic heterocycles. The third kappa shape index (κ3) is 2.62. The molecular formula is C14H14N4O3. The molecular weight excluding hydrogens is 272 g/mol. The number of carboxylic acids is 1. The lowest BCUT2D eigenvalue weighted by molar-refractivity contribution is -0.141. The molecule has 0 aliphatic carbocycles. The standard InChI is InChI=1S/C14H14N4O3/c19-13(17-7-3-10(9-17)14(20)21)12-8-11(2-5-15-12)18-6-1-4-16-18/h1-2,4-6,8,10H,3,7,9H2,(H,20,21)/t10-/m1/s1. The molecule has 1 N–H and O–H groups in total. The lowest BCUT2D eigenvalue weighted by Gasteiger charge is -2.15. The van der Waals surface area contributed by atoms with E-state index in [9.17, 15) is 9.59 Å². The van der Waals surface area contributed by atoms with Gasteiger partial charge >= 0.3 is 5.97 Å². The van der Waals surface area contributed by atoms with E-state index < -0.39 is 11.9 Å². The number of nitrogens with zero attached hydrogens (tertiary/aromatic N) is 4. The van der Waals surface area contributed by atoms with E-state index in [1.54, 1.807) is 41.5 Å². The first kappa shape index (κ1) is 13.3. The minimum absolute atomic E-state index is 0.238. The largest absolute Gasteiger partial charge is 0.481 e. The maximum absolute atomic E-state index is 12.4. The number of carbonyl (C=O) groups excluding carboxylic acids is 1. The van der Waals surface area contributed by atoms with Crippen LogP contribution in [0, 0.1) is 5.92 Å². The van der Waals surface area contributed by atoms with Gasteiger partial charge in [0.05, 0.1) is 11.6 Å². The molecule has 1 aliphatic rings. The predicted octanol–water partition coefficient (Wildman–Crippen LogP) is 0.814. The summed E-state index contributed by atoms with van der Waals surface area (Å²) in [5.41, 5.74) is 1.04. The molecule has 1 fully saturated rings. The quantitative estimate of drug-likeness (QED) is 0.902. The second-order valence-corrected chi connectivity index (χ2v) is 4.92. The molecule has 3 heterocycles. The molecule has 0 aromatic carbocycles. The number of rotatable bonds is 3. The molecule has 2 aromatic heterocycles. The van der Waals surface area contributed by atoms with Crippen molar-refractivity contribution >= 4 is 11.9 Å². The fourth-order valence-electron chi connectivity index (χ4n) is 2.41. The van der Waals surface area contributed by atoms with Gasteiger partial charge in [0.15, 0.2) is 0 Å². The van der Waals surface area contributed by atoms with Crippen LogP contribution in [0.25, 0.3) is 5.69 Å². The zero-order chi connectivity index (χ0) is 14.8. The fraction of sp³-hybridized carbons (Fsp3) is 0.286. The predicted molar refractivity (Wildman–Crippen MR) is 73.0 cm³/mol.